The predicted molar refractivity (Wildman–Crippen MR) is 115 cm³/mol. The number of carbonyl (C=O) groups excluding carboxylic acids is 2. The van der Waals surface area contributed by atoms with Crippen molar-refractivity contribution in [3.8, 4) is 0 Å². The topological polar surface area (TPSA) is 70.9 Å². The number of hydrogen-bond donors (Lipinski definition) is 0. The molecular weight excluding hydrogens is 394 g/mol. The van der Waals surface area contributed by atoms with Crippen molar-refractivity contribution in [3.05, 3.63) is 53.3 Å². The third kappa shape index (κ3) is 3.85. The molecule has 0 N–H and O–H groups in total. The van der Waals surface area contributed by atoms with E-state index in [-0.39, 0.29) is 24.0 Å². The Morgan fingerprint density at radius 2 is 1.87 bits per heavy atom. The number of carbonyl (C=O) groups is 2. The van der Waals surface area contributed by atoms with Crippen molar-refractivity contribution in [2.45, 2.75) is 31.5 Å². The van der Waals surface area contributed by atoms with Crippen LogP contribution in [-0.4, -0.2) is 88.8 Å². The van der Waals surface area contributed by atoms with Crippen molar-refractivity contribution in [2.75, 3.05) is 46.4 Å². The minimum Gasteiger partial charge on any atom is -0.373 e. The summed E-state index contributed by atoms with van der Waals surface area (Å²) in [6.45, 7) is 5.19. The van der Waals surface area contributed by atoms with Crippen LogP contribution in [0.4, 0.5) is 0 Å². The summed E-state index contributed by atoms with van der Waals surface area (Å²) < 4.78 is 7.88. The maximum atomic E-state index is 13.6. The number of fused-ring (bicyclic) bond motifs is 1. The summed E-state index contributed by atoms with van der Waals surface area (Å²) in [6.07, 6.45) is 2.34. The Morgan fingerprint density at radius 1 is 1.10 bits per heavy atom. The van der Waals surface area contributed by atoms with Crippen LogP contribution < -0.4 is 0 Å². The molecule has 2 aromatic rings. The molecule has 8 heteroatoms. The van der Waals surface area contributed by atoms with Gasteiger partial charge in [-0.2, -0.15) is 5.10 Å². The summed E-state index contributed by atoms with van der Waals surface area (Å²) in [5.41, 5.74) is 1.89. The minimum absolute atomic E-state index is 0.0914. The second kappa shape index (κ2) is 8.43. The van der Waals surface area contributed by atoms with Crippen molar-refractivity contribution in [2.24, 2.45) is 0 Å². The van der Waals surface area contributed by atoms with Crippen LogP contribution in [-0.2, 0) is 11.3 Å². The van der Waals surface area contributed by atoms with Crippen LogP contribution in [0, 0.1) is 0 Å². The Labute approximate surface area is 182 Å². The molecule has 0 radical (unpaired) electrons. The monoisotopic (exact) mass is 423 g/mol. The van der Waals surface area contributed by atoms with Gasteiger partial charge in [0.1, 0.15) is 5.69 Å². The van der Waals surface area contributed by atoms with Gasteiger partial charge >= 0.3 is 0 Å². The Bertz CT molecular complexity index is 953. The molecule has 3 aliphatic heterocycles. The van der Waals surface area contributed by atoms with Crippen molar-refractivity contribution >= 4 is 11.8 Å². The number of hydrogen-bond acceptors (Lipinski definition) is 5. The molecule has 1 aromatic carbocycles. The van der Waals surface area contributed by atoms with Crippen molar-refractivity contribution in [3.63, 3.8) is 0 Å². The molecule has 2 fully saturated rings. The van der Waals surface area contributed by atoms with E-state index in [1.165, 1.54) is 12.8 Å². The smallest absolute Gasteiger partial charge is 0.275 e. The minimum atomic E-state index is -0.180. The SMILES string of the molecule is CN1CCn2nc(C(=O)N3CCO[C@@H](CN4CCCC4)[C@@H]3c3ccccc3)cc2C1=O. The van der Waals surface area contributed by atoms with Crippen LogP contribution in [0.2, 0.25) is 0 Å². The van der Waals surface area contributed by atoms with E-state index in [0.717, 1.165) is 25.2 Å². The number of rotatable bonds is 4. The molecule has 0 spiro atoms. The molecule has 0 unspecified atom stereocenters. The van der Waals surface area contributed by atoms with Crippen LogP contribution in [0.5, 0.6) is 0 Å². The number of benzene rings is 1. The zero-order valence-electron chi connectivity index (χ0n) is 17.9. The van der Waals surface area contributed by atoms with E-state index in [0.29, 0.717) is 37.6 Å². The van der Waals surface area contributed by atoms with E-state index in [1.54, 1.807) is 22.7 Å². The second-order valence-electron chi connectivity index (χ2n) is 8.64. The summed E-state index contributed by atoms with van der Waals surface area (Å²) >= 11 is 0. The Hall–Kier alpha value is -2.71. The summed E-state index contributed by atoms with van der Waals surface area (Å²) in [7, 11) is 1.77. The first-order valence-electron chi connectivity index (χ1n) is 11.1. The maximum absolute atomic E-state index is 13.6. The van der Waals surface area contributed by atoms with E-state index in [2.05, 4.69) is 22.1 Å². The lowest BCUT2D eigenvalue weighted by Gasteiger charge is -2.42. The Kier molecular flexibility index (Phi) is 5.50. The first-order valence-corrected chi connectivity index (χ1v) is 11.1. The molecule has 4 heterocycles. The molecule has 5 rings (SSSR count). The van der Waals surface area contributed by atoms with Crippen LogP contribution in [0.25, 0.3) is 0 Å². The molecule has 0 saturated carbocycles. The van der Waals surface area contributed by atoms with E-state index in [9.17, 15) is 9.59 Å². The van der Waals surface area contributed by atoms with E-state index < -0.39 is 0 Å². The van der Waals surface area contributed by atoms with Crippen LogP contribution in [0.3, 0.4) is 0 Å². The Balaban J connectivity index is 1.45. The lowest BCUT2D eigenvalue weighted by molar-refractivity contribution is -0.0708. The van der Waals surface area contributed by atoms with Gasteiger partial charge in [-0.05, 0) is 31.5 Å². The number of aromatic nitrogens is 2. The summed E-state index contributed by atoms with van der Waals surface area (Å²) in [5, 5.41) is 4.49. The van der Waals surface area contributed by atoms with Gasteiger partial charge in [0.05, 0.1) is 25.3 Å². The lowest BCUT2D eigenvalue weighted by Crippen LogP contribution is -2.51. The Morgan fingerprint density at radius 3 is 2.65 bits per heavy atom. The normalized spacial score (nSPS) is 24.5. The zero-order valence-corrected chi connectivity index (χ0v) is 17.9. The fraction of sp³-hybridized carbons (Fsp3) is 0.522. The van der Waals surface area contributed by atoms with Gasteiger partial charge in [-0.25, -0.2) is 0 Å². The highest BCUT2D eigenvalue weighted by Crippen LogP contribution is 2.32. The van der Waals surface area contributed by atoms with Crippen LogP contribution >= 0.6 is 0 Å². The predicted octanol–water partition coefficient (Wildman–Crippen LogP) is 1.65. The highest BCUT2D eigenvalue weighted by Gasteiger charge is 2.39. The zero-order chi connectivity index (χ0) is 21.4. The van der Waals surface area contributed by atoms with E-state index >= 15 is 0 Å². The third-order valence-electron chi connectivity index (χ3n) is 6.60. The first-order chi connectivity index (χ1) is 15.1. The van der Waals surface area contributed by atoms with Crippen molar-refractivity contribution in [1.82, 2.24) is 24.5 Å². The molecule has 1 aromatic heterocycles. The largest absolute Gasteiger partial charge is 0.373 e. The van der Waals surface area contributed by atoms with Gasteiger partial charge in [0, 0.05) is 32.7 Å². The molecule has 2 atom stereocenters. The average molecular weight is 424 g/mol. The molecule has 2 amide bonds. The molecular formula is C23H29N5O3. The second-order valence-corrected chi connectivity index (χ2v) is 8.64. The standard InChI is InChI=1S/C23H29N5O3/c1-25-11-12-28-19(23(25)30)15-18(24-28)22(29)27-13-14-31-20(16-26-9-5-6-10-26)21(27)17-7-3-2-4-8-17/h2-4,7-8,15,20-21H,5-6,9-14,16H2,1H3/t20-,21-/m0/s1. The fourth-order valence-electron chi connectivity index (χ4n) is 4.93. The number of morpholine rings is 1. The quantitative estimate of drug-likeness (QED) is 0.748. The molecule has 0 bridgehead atoms. The molecule has 2 saturated heterocycles. The van der Waals surface area contributed by atoms with Gasteiger partial charge in [0.25, 0.3) is 11.8 Å². The number of nitrogens with zero attached hydrogens (tertiary/aromatic N) is 5. The van der Waals surface area contributed by atoms with Crippen LogP contribution in [0.15, 0.2) is 36.4 Å². The molecule has 164 valence electrons. The average Bonchev–Trinajstić information content (AvgIpc) is 3.46. The number of amides is 2. The van der Waals surface area contributed by atoms with Crippen LogP contribution in [0.1, 0.15) is 45.4 Å². The number of likely N-dealkylation sites (N-methyl/N-ethyl adjacent to an activating group) is 1. The molecule has 8 nitrogen and oxygen atoms in total. The first kappa shape index (κ1) is 20.2. The molecule has 31 heavy (non-hydrogen) atoms. The number of likely N-dealkylation sites (tertiary alicyclic amines) is 1. The van der Waals surface area contributed by atoms with Gasteiger partial charge < -0.3 is 19.4 Å². The summed E-state index contributed by atoms with van der Waals surface area (Å²) in [6, 6.07) is 11.6. The van der Waals surface area contributed by atoms with Crippen molar-refractivity contribution < 1.29 is 14.3 Å². The maximum Gasteiger partial charge on any atom is 0.275 e. The fourth-order valence-corrected chi connectivity index (χ4v) is 4.93. The van der Waals surface area contributed by atoms with Gasteiger partial charge in [-0.15, -0.1) is 0 Å². The van der Waals surface area contributed by atoms with Gasteiger partial charge in [0.2, 0.25) is 0 Å². The van der Waals surface area contributed by atoms with E-state index in [1.807, 2.05) is 23.1 Å². The van der Waals surface area contributed by atoms with E-state index in [4.69, 9.17) is 4.74 Å². The highest BCUT2D eigenvalue weighted by molar-refractivity contribution is 5.98. The lowest BCUT2D eigenvalue weighted by atomic mass is 9.97. The summed E-state index contributed by atoms with van der Waals surface area (Å²) in [5.74, 6) is -0.229. The van der Waals surface area contributed by atoms with Gasteiger partial charge in [-0.1, -0.05) is 30.3 Å². The van der Waals surface area contributed by atoms with Gasteiger partial charge in [-0.3, -0.25) is 14.3 Å². The summed E-state index contributed by atoms with van der Waals surface area (Å²) in [4.78, 5) is 32.1. The molecule has 0 aliphatic carbocycles. The highest BCUT2D eigenvalue weighted by atomic mass is 16.5. The molecule has 3 aliphatic rings. The van der Waals surface area contributed by atoms with Gasteiger partial charge in [0.15, 0.2) is 5.69 Å². The third-order valence-corrected chi connectivity index (χ3v) is 6.60. The van der Waals surface area contributed by atoms with Crippen molar-refractivity contribution in [1.29, 1.82) is 0 Å². The number of ether oxygens (including phenoxy) is 1.